The van der Waals surface area contributed by atoms with Gasteiger partial charge in [0.1, 0.15) is 11.6 Å². The lowest BCUT2D eigenvalue weighted by Gasteiger charge is -2.16. The molecule has 3 rings (SSSR count). The molecule has 28 heavy (non-hydrogen) atoms. The summed E-state index contributed by atoms with van der Waals surface area (Å²) >= 11 is 1.56. The summed E-state index contributed by atoms with van der Waals surface area (Å²) in [6, 6.07) is 12.5. The first-order valence-corrected chi connectivity index (χ1v) is 10.1. The van der Waals surface area contributed by atoms with Crippen molar-refractivity contribution in [2.45, 2.75) is 44.3 Å². The van der Waals surface area contributed by atoms with Crippen LogP contribution in [0.1, 0.15) is 35.5 Å². The first-order valence-electron chi connectivity index (χ1n) is 9.13. The molecule has 0 aliphatic rings. The van der Waals surface area contributed by atoms with Crippen molar-refractivity contribution in [2.75, 3.05) is 0 Å². The smallest absolute Gasteiger partial charge is 0.191 e. The fourth-order valence-corrected chi connectivity index (χ4v) is 3.69. The molecule has 0 aliphatic heterocycles. The minimum Gasteiger partial charge on any atom is -0.483 e. The highest BCUT2D eigenvalue weighted by molar-refractivity contribution is 7.98. The highest BCUT2D eigenvalue weighted by Crippen LogP contribution is 2.27. The number of aryl methyl sites for hydroxylation is 2. The Morgan fingerprint density at radius 3 is 2.57 bits per heavy atom. The van der Waals surface area contributed by atoms with E-state index in [2.05, 4.69) is 36.7 Å². The Kier molecular flexibility index (Phi) is 6.52. The number of benzene rings is 2. The maximum atomic E-state index is 13.1. The molecule has 0 saturated heterocycles. The zero-order valence-corrected chi connectivity index (χ0v) is 17.2. The van der Waals surface area contributed by atoms with E-state index in [1.165, 1.54) is 23.3 Å². The zero-order valence-electron chi connectivity index (χ0n) is 16.4. The first kappa shape index (κ1) is 20.1. The molecule has 1 heterocycles. The summed E-state index contributed by atoms with van der Waals surface area (Å²) in [6.07, 6.45) is 1.56. The molecule has 6 heteroatoms. The van der Waals surface area contributed by atoms with Crippen molar-refractivity contribution < 1.29 is 9.13 Å². The van der Waals surface area contributed by atoms with Crippen LogP contribution in [-0.2, 0) is 12.3 Å². The predicted molar refractivity (Wildman–Crippen MR) is 111 cm³/mol. The molecular weight excluding hydrogens is 373 g/mol. The highest BCUT2D eigenvalue weighted by atomic mass is 32.2. The first-order chi connectivity index (χ1) is 13.5. The van der Waals surface area contributed by atoms with Gasteiger partial charge in [0.2, 0.25) is 0 Å². The number of hydrogen-bond acceptors (Lipinski definition) is 4. The quantitative estimate of drug-likeness (QED) is 0.364. The minimum atomic E-state index is -0.255. The summed E-state index contributed by atoms with van der Waals surface area (Å²) in [5.74, 6) is 2.01. The molecule has 0 N–H and O–H groups in total. The Bertz CT molecular complexity index is 953. The van der Waals surface area contributed by atoms with Crippen molar-refractivity contribution in [3.8, 4) is 5.75 Å². The summed E-state index contributed by atoms with van der Waals surface area (Å²) in [7, 11) is 0. The zero-order chi connectivity index (χ0) is 20.1. The number of allylic oxidation sites excluding steroid dienone is 1. The minimum absolute atomic E-state index is 0.233. The Morgan fingerprint density at radius 2 is 1.89 bits per heavy atom. The van der Waals surface area contributed by atoms with E-state index in [4.69, 9.17) is 4.74 Å². The molecule has 0 saturated carbocycles. The molecule has 146 valence electrons. The number of hydrogen-bond donors (Lipinski definition) is 0. The van der Waals surface area contributed by atoms with Gasteiger partial charge in [-0.1, -0.05) is 36.0 Å². The summed E-state index contributed by atoms with van der Waals surface area (Å²) < 4.78 is 21.2. The van der Waals surface area contributed by atoms with Crippen LogP contribution in [0.15, 0.2) is 60.3 Å². The Hall–Kier alpha value is -2.60. The predicted octanol–water partition coefficient (Wildman–Crippen LogP) is 5.65. The van der Waals surface area contributed by atoms with Crippen LogP contribution in [0.5, 0.6) is 5.75 Å². The number of aromatic nitrogens is 3. The lowest BCUT2D eigenvalue weighted by atomic mass is 10.1. The number of rotatable bonds is 8. The average Bonchev–Trinajstić information content (AvgIpc) is 3.07. The highest BCUT2D eigenvalue weighted by Gasteiger charge is 2.19. The van der Waals surface area contributed by atoms with Gasteiger partial charge in [0.15, 0.2) is 17.1 Å². The van der Waals surface area contributed by atoms with Crippen LogP contribution in [-0.4, -0.2) is 14.8 Å². The molecule has 2 aromatic carbocycles. The standard InChI is InChI=1S/C22H24FN3OS/c1-5-12-26-21(17(4)27-20-11-6-15(2)16(3)13-20)24-25-22(26)28-14-18-7-9-19(23)10-8-18/h5-11,13,17H,1,12,14H2,2-4H3. The summed E-state index contributed by atoms with van der Waals surface area (Å²) in [5, 5.41) is 9.48. The Labute approximate surface area is 169 Å². The lowest BCUT2D eigenvalue weighted by Crippen LogP contribution is -2.12. The molecule has 0 radical (unpaired) electrons. The molecule has 0 amide bonds. The van der Waals surface area contributed by atoms with Crippen molar-refractivity contribution in [2.24, 2.45) is 0 Å². The monoisotopic (exact) mass is 397 g/mol. The van der Waals surface area contributed by atoms with Crippen molar-refractivity contribution in [3.05, 3.63) is 83.5 Å². The van der Waals surface area contributed by atoms with Crippen molar-refractivity contribution in [3.63, 3.8) is 0 Å². The molecular formula is C22H24FN3OS. The van der Waals surface area contributed by atoms with Gasteiger partial charge in [-0.25, -0.2) is 4.39 Å². The summed E-state index contributed by atoms with van der Waals surface area (Å²) in [5.41, 5.74) is 3.45. The summed E-state index contributed by atoms with van der Waals surface area (Å²) in [4.78, 5) is 0. The van der Waals surface area contributed by atoms with Crippen molar-refractivity contribution in [1.82, 2.24) is 14.8 Å². The third kappa shape index (κ3) is 4.81. The van der Waals surface area contributed by atoms with E-state index in [1.54, 1.807) is 23.9 Å². The maximum Gasteiger partial charge on any atom is 0.191 e. The Balaban J connectivity index is 1.75. The molecule has 1 atom stereocenters. The van der Waals surface area contributed by atoms with E-state index in [9.17, 15) is 4.39 Å². The summed E-state index contributed by atoms with van der Waals surface area (Å²) in [6.45, 7) is 10.5. The van der Waals surface area contributed by atoms with Gasteiger partial charge < -0.3 is 4.74 Å². The van der Waals surface area contributed by atoms with E-state index in [-0.39, 0.29) is 11.9 Å². The Morgan fingerprint density at radius 1 is 1.14 bits per heavy atom. The third-order valence-electron chi connectivity index (χ3n) is 4.49. The fraction of sp³-hybridized carbons (Fsp3) is 0.273. The van der Waals surface area contributed by atoms with E-state index < -0.39 is 0 Å². The van der Waals surface area contributed by atoms with Crippen LogP contribution in [0.2, 0.25) is 0 Å². The van der Waals surface area contributed by atoms with E-state index in [0.717, 1.165) is 22.3 Å². The van der Waals surface area contributed by atoms with E-state index in [1.807, 2.05) is 29.7 Å². The van der Waals surface area contributed by atoms with Crippen LogP contribution >= 0.6 is 11.8 Å². The second-order valence-corrected chi connectivity index (χ2v) is 7.60. The SMILES string of the molecule is C=CCn1c(SCc2ccc(F)cc2)nnc1C(C)Oc1ccc(C)c(C)c1. The van der Waals surface area contributed by atoms with Crippen molar-refractivity contribution >= 4 is 11.8 Å². The largest absolute Gasteiger partial charge is 0.483 e. The number of thioether (sulfide) groups is 1. The number of halogens is 1. The van der Waals surface area contributed by atoms with Crippen LogP contribution in [0, 0.1) is 19.7 Å². The molecule has 0 bridgehead atoms. The number of nitrogens with zero attached hydrogens (tertiary/aromatic N) is 3. The van der Waals surface area contributed by atoms with Crippen LogP contribution < -0.4 is 4.74 Å². The van der Waals surface area contributed by atoms with Gasteiger partial charge in [-0.05, 0) is 61.7 Å². The average molecular weight is 398 g/mol. The van der Waals surface area contributed by atoms with Gasteiger partial charge in [0.25, 0.3) is 0 Å². The molecule has 4 nitrogen and oxygen atoms in total. The van der Waals surface area contributed by atoms with E-state index in [0.29, 0.717) is 12.3 Å². The molecule has 1 unspecified atom stereocenters. The van der Waals surface area contributed by atoms with Gasteiger partial charge in [-0.15, -0.1) is 16.8 Å². The van der Waals surface area contributed by atoms with Crippen LogP contribution in [0.25, 0.3) is 0 Å². The lowest BCUT2D eigenvalue weighted by molar-refractivity contribution is 0.210. The van der Waals surface area contributed by atoms with Crippen LogP contribution in [0.4, 0.5) is 4.39 Å². The van der Waals surface area contributed by atoms with Gasteiger partial charge in [-0.3, -0.25) is 4.57 Å². The van der Waals surface area contributed by atoms with Crippen LogP contribution in [0.3, 0.4) is 0 Å². The molecule has 0 spiro atoms. The third-order valence-corrected chi connectivity index (χ3v) is 5.53. The molecule has 0 fully saturated rings. The van der Waals surface area contributed by atoms with Gasteiger partial charge in [-0.2, -0.15) is 0 Å². The normalized spacial score (nSPS) is 12.0. The van der Waals surface area contributed by atoms with Gasteiger partial charge >= 0.3 is 0 Å². The number of ether oxygens (including phenoxy) is 1. The molecule has 3 aromatic rings. The fourth-order valence-electron chi connectivity index (χ4n) is 2.78. The van der Waals surface area contributed by atoms with Gasteiger partial charge in [0.05, 0.1) is 0 Å². The topological polar surface area (TPSA) is 39.9 Å². The maximum absolute atomic E-state index is 13.1. The molecule has 1 aromatic heterocycles. The second kappa shape index (κ2) is 9.06. The van der Waals surface area contributed by atoms with Gasteiger partial charge in [0, 0.05) is 12.3 Å². The van der Waals surface area contributed by atoms with E-state index >= 15 is 0 Å². The van der Waals surface area contributed by atoms with Crippen molar-refractivity contribution in [1.29, 1.82) is 0 Å². The second-order valence-electron chi connectivity index (χ2n) is 6.66. The molecule has 0 aliphatic carbocycles.